The quantitative estimate of drug-likeness (QED) is 0.894. The van der Waals surface area contributed by atoms with Crippen molar-refractivity contribution in [2.75, 3.05) is 0 Å². The van der Waals surface area contributed by atoms with Gasteiger partial charge in [-0.3, -0.25) is 4.79 Å². The van der Waals surface area contributed by atoms with Crippen molar-refractivity contribution in [1.29, 1.82) is 0 Å². The highest BCUT2D eigenvalue weighted by atomic mass is 79.9. The van der Waals surface area contributed by atoms with Gasteiger partial charge in [0.05, 0.1) is 0 Å². The van der Waals surface area contributed by atoms with Crippen molar-refractivity contribution in [3.8, 4) is 0 Å². The fraction of sp³-hybridized carbons (Fsp3) is 0.364. The maximum atomic E-state index is 12.6. The van der Waals surface area contributed by atoms with E-state index in [-0.39, 0.29) is 6.42 Å². The van der Waals surface area contributed by atoms with Crippen LogP contribution in [-0.2, 0) is 17.9 Å². The highest BCUT2D eigenvalue weighted by Crippen LogP contribution is 2.21. The smallest absolute Gasteiger partial charge is 0.323 e. The third-order valence-corrected chi connectivity index (χ3v) is 3.09. The van der Waals surface area contributed by atoms with Gasteiger partial charge in [0.2, 0.25) is 0 Å². The average Bonchev–Trinajstić information content (AvgIpc) is 2.20. The lowest BCUT2D eigenvalue weighted by molar-refractivity contribution is -0.142. The van der Waals surface area contributed by atoms with E-state index in [0.717, 1.165) is 0 Å². The van der Waals surface area contributed by atoms with Gasteiger partial charge < -0.3 is 10.8 Å². The Hall–Kier alpha value is -0.940. The summed E-state index contributed by atoms with van der Waals surface area (Å²) in [6.07, 6.45) is 0.169. The van der Waals surface area contributed by atoms with E-state index in [1.54, 1.807) is 18.2 Å². The minimum atomic E-state index is -1.33. The van der Waals surface area contributed by atoms with Crippen LogP contribution >= 0.6 is 15.9 Å². The van der Waals surface area contributed by atoms with E-state index in [4.69, 9.17) is 10.8 Å². The molecule has 0 radical (unpaired) electrons. The van der Waals surface area contributed by atoms with Crippen LogP contribution in [0.3, 0.4) is 0 Å². The molecule has 3 N–H and O–H groups in total. The molecule has 0 aliphatic carbocycles. The molecule has 1 atom stereocenters. The minimum absolute atomic E-state index is 0.169. The lowest BCUT2D eigenvalue weighted by Gasteiger charge is -2.19. The molecule has 1 aromatic rings. The Morgan fingerprint density at radius 3 is 2.75 bits per heavy atom. The number of carboxylic acid groups (broad SMARTS) is 1. The molecule has 0 bridgehead atoms. The van der Waals surface area contributed by atoms with Gasteiger partial charge in [0, 0.05) is 10.9 Å². The summed E-state index contributed by atoms with van der Waals surface area (Å²) < 4.78 is 13.3. The summed E-state index contributed by atoms with van der Waals surface area (Å²) in [4.78, 5) is 10.8. The Bertz CT molecular complexity index is 407. The van der Waals surface area contributed by atoms with E-state index < -0.39 is 18.2 Å². The molecule has 1 rings (SSSR count). The molecular weight excluding hydrogens is 277 g/mol. The number of carboxylic acids is 1. The first-order valence-electron chi connectivity index (χ1n) is 4.72. The molecule has 0 saturated carbocycles. The lowest BCUT2D eigenvalue weighted by Crippen LogP contribution is -2.46. The van der Waals surface area contributed by atoms with Gasteiger partial charge in [-0.15, -0.1) is 0 Å². The molecule has 0 aromatic heterocycles. The van der Waals surface area contributed by atoms with Crippen molar-refractivity contribution in [2.45, 2.75) is 25.6 Å². The maximum Gasteiger partial charge on any atom is 0.323 e. The second kappa shape index (κ2) is 4.93. The first-order chi connectivity index (χ1) is 7.36. The highest BCUT2D eigenvalue weighted by Gasteiger charge is 2.28. The molecule has 1 aromatic carbocycles. The Morgan fingerprint density at radius 2 is 2.25 bits per heavy atom. The Labute approximate surface area is 102 Å². The van der Waals surface area contributed by atoms with E-state index in [9.17, 15) is 9.18 Å². The second-order valence-electron chi connectivity index (χ2n) is 3.96. The predicted molar refractivity (Wildman–Crippen MR) is 62.9 cm³/mol. The molecular formula is C11H13BrFNO2. The molecule has 0 aliphatic rings. The van der Waals surface area contributed by atoms with Gasteiger partial charge in [-0.2, -0.15) is 0 Å². The average molecular weight is 290 g/mol. The molecule has 5 heteroatoms. The number of aliphatic carboxylic acids is 1. The van der Waals surface area contributed by atoms with Gasteiger partial charge >= 0.3 is 5.97 Å². The first-order valence-corrected chi connectivity index (χ1v) is 5.51. The van der Waals surface area contributed by atoms with Gasteiger partial charge in [-0.1, -0.05) is 28.1 Å². The standard InChI is InChI=1S/C11H13BrFNO2/c1-11(14,10(15)16)5-7-2-3-9(12)8(4-7)6-13/h2-4H,5-6,14H2,1H3,(H,15,16)/t11-/m0/s1. The zero-order valence-electron chi connectivity index (χ0n) is 8.84. The van der Waals surface area contributed by atoms with Gasteiger partial charge in [-0.25, -0.2) is 4.39 Å². The van der Waals surface area contributed by atoms with Crippen LogP contribution in [0, 0.1) is 0 Å². The van der Waals surface area contributed by atoms with Crippen molar-refractivity contribution in [3.63, 3.8) is 0 Å². The van der Waals surface area contributed by atoms with Crippen LogP contribution in [0.4, 0.5) is 4.39 Å². The predicted octanol–water partition coefficient (Wildman–Crippen LogP) is 2.26. The number of alkyl halides is 1. The fourth-order valence-electron chi connectivity index (χ4n) is 1.34. The monoisotopic (exact) mass is 289 g/mol. The summed E-state index contributed by atoms with van der Waals surface area (Å²) in [5, 5.41) is 8.88. The van der Waals surface area contributed by atoms with Crippen LogP contribution in [-0.4, -0.2) is 16.6 Å². The molecule has 88 valence electrons. The fourth-order valence-corrected chi connectivity index (χ4v) is 1.69. The second-order valence-corrected chi connectivity index (χ2v) is 4.81. The number of halogens is 2. The summed E-state index contributed by atoms with van der Waals surface area (Å²) in [5.41, 5.74) is 5.49. The molecule has 0 aliphatic heterocycles. The minimum Gasteiger partial charge on any atom is -0.480 e. The van der Waals surface area contributed by atoms with Crippen molar-refractivity contribution in [2.24, 2.45) is 5.73 Å². The Kier molecular flexibility index (Phi) is 4.04. The third kappa shape index (κ3) is 3.02. The third-order valence-electron chi connectivity index (χ3n) is 2.31. The summed E-state index contributed by atoms with van der Waals surface area (Å²) >= 11 is 3.21. The molecule has 0 saturated heterocycles. The summed E-state index contributed by atoms with van der Waals surface area (Å²) in [7, 11) is 0. The highest BCUT2D eigenvalue weighted by molar-refractivity contribution is 9.10. The number of nitrogens with two attached hydrogens (primary N) is 1. The zero-order chi connectivity index (χ0) is 12.3. The molecule has 3 nitrogen and oxygen atoms in total. The van der Waals surface area contributed by atoms with E-state index in [0.29, 0.717) is 15.6 Å². The van der Waals surface area contributed by atoms with E-state index in [1.165, 1.54) is 6.92 Å². The van der Waals surface area contributed by atoms with Gasteiger partial charge in [0.25, 0.3) is 0 Å². The molecule has 0 unspecified atom stereocenters. The number of benzene rings is 1. The van der Waals surface area contributed by atoms with E-state index in [2.05, 4.69) is 15.9 Å². The van der Waals surface area contributed by atoms with Crippen LogP contribution in [0.2, 0.25) is 0 Å². The number of carbonyl (C=O) groups is 1. The van der Waals surface area contributed by atoms with Crippen molar-refractivity contribution < 1.29 is 14.3 Å². The maximum absolute atomic E-state index is 12.6. The normalized spacial score (nSPS) is 14.5. The van der Waals surface area contributed by atoms with E-state index in [1.807, 2.05) is 0 Å². The SMILES string of the molecule is C[C@](N)(Cc1ccc(Br)c(CF)c1)C(=O)O. The topological polar surface area (TPSA) is 63.3 Å². The number of rotatable bonds is 4. The van der Waals surface area contributed by atoms with Gasteiger partial charge in [-0.05, 0) is 24.1 Å². The first kappa shape index (κ1) is 13.1. The molecule has 0 fully saturated rings. The summed E-state index contributed by atoms with van der Waals surface area (Å²) in [5.74, 6) is -1.07. The van der Waals surface area contributed by atoms with Crippen LogP contribution in [0.5, 0.6) is 0 Å². The number of hydrogen-bond donors (Lipinski definition) is 2. The van der Waals surface area contributed by atoms with Crippen molar-refractivity contribution in [1.82, 2.24) is 0 Å². The van der Waals surface area contributed by atoms with E-state index >= 15 is 0 Å². The Balaban J connectivity index is 2.94. The number of hydrogen-bond acceptors (Lipinski definition) is 2. The summed E-state index contributed by atoms with van der Waals surface area (Å²) in [6.45, 7) is 0.843. The molecule has 16 heavy (non-hydrogen) atoms. The molecule has 0 amide bonds. The van der Waals surface area contributed by atoms with Crippen LogP contribution in [0.1, 0.15) is 18.1 Å². The van der Waals surface area contributed by atoms with Crippen LogP contribution in [0.15, 0.2) is 22.7 Å². The largest absolute Gasteiger partial charge is 0.480 e. The van der Waals surface area contributed by atoms with Gasteiger partial charge in [0.15, 0.2) is 0 Å². The molecule has 0 heterocycles. The van der Waals surface area contributed by atoms with Gasteiger partial charge in [0.1, 0.15) is 12.2 Å². The Morgan fingerprint density at radius 1 is 1.62 bits per heavy atom. The van der Waals surface area contributed by atoms with Crippen LogP contribution in [0.25, 0.3) is 0 Å². The lowest BCUT2D eigenvalue weighted by atomic mass is 9.93. The van der Waals surface area contributed by atoms with Crippen molar-refractivity contribution in [3.05, 3.63) is 33.8 Å². The van der Waals surface area contributed by atoms with Crippen LogP contribution < -0.4 is 5.73 Å². The zero-order valence-corrected chi connectivity index (χ0v) is 10.4. The molecule has 0 spiro atoms. The van der Waals surface area contributed by atoms with Crippen molar-refractivity contribution >= 4 is 21.9 Å². The summed E-state index contributed by atoms with van der Waals surface area (Å²) in [6, 6.07) is 5.05.